The predicted octanol–water partition coefficient (Wildman–Crippen LogP) is 0.145. The number of nitrogens with two attached hydrogens (primary N) is 1. The lowest BCUT2D eigenvalue weighted by molar-refractivity contribution is 0.0698. The minimum absolute atomic E-state index is 0.0381. The third-order valence-corrected chi connectivity index (χ3v) is 2.67. The number of aromatic carboxylic acids is 1. The summed E-state index contributed by atoms with van der Waals surface area (Å²) < 4.78 is 1.81. The van der Waals surface area contributed by atoms with E-state index in [-0.39, 0.29) is 11.3 Å². The average molecular weight is 262 g/mol. The second kappa shape index (κ2) is 5.34. The fourth-order valence-electron chi connectivity index (χ4n) is 1.63. The lowest BCUT2D eigenvalue weighted by Gasteiger charge is -2.09. The maximum absolute atomic E-state index is 10.9. The van der Waals surface area contributed by atoms with Crippen LogP contribution in [-0.2, 0) is 13.5 Å². The molecule has 0 amide bonds. The van der Waals surface area contributed by atoms with Gasteiger partial charge in [0.2, 0.25) is 0 Å². The summed E-state index contributed by atoms with van der Waals surface area (Å²) in [5, 5.41) is 19.6. The SMILES string of the molecule is Cn1cnnc1CCNc1nccc(C(=O)O)c1N. The van der Waals surface area contributed by atoms with Crippen molar-refractivity contribution in [2.45, 2.75) is 6.42 Å². The van der Waals surface area contributed by atoms with Gasteiger partial charge in [-0.25, -0.2) is 9.78 Å². The number of aromatic nitrogens is 4. The highest BCUT2D eigenvalue weighted by molar-refractivity contribution is 5.96. The molecule has 2 heterocycles. The zero-order valence-corrected chi connectivity index (χ0v) is 10.4. The Kier molecular flexibility index (Phi) is 3.60. The first-order valence-electron chi connectivity index (χ1n) is 5.64. The summed E-state index contributed by atoms with van der Waals surface area (Å²) in [4.78, 5) is 14.9. The fraction of sp³-hybridized carbons (Fsp3) is 0.273. The Morgan fingerprint density at radius 1 is 1.58 bits per heavy atom. The molecule has 0 aliphatic carbocycles. The maximum Gasteiger partial charge on any atom is 0.337 e. The van der Waals surface area contributed by atoms with Gasteiger partial charge in [0.25, 0.3) is 0 Å². The first kappa shape index (κ1) is 12.8. The Balaban J connectivity index is 2.02. The first-order valence-corrected chi connectivity index (χ1v) is 5.64. The van der Waals surface area contributed by atoms with Gasteiger partial charge in [0, 0.05) is 26.2 Å². The van der Waals surface area contributed by atoms with Crippen LogP contribution in [0.25, 0.3) is 0 Å². The summed E-state index contributed by atoms with van der Waals surface area (Å²) >= 11 is 0. The quantitative estimate of drug-likeness (QED) is 0.701. The van der Waals surface area contributed by atoms with Gasteiger partial charge in [0.05, 0.1) is 11.3 Å². The second-order valence-corrected chi connectivity index (χ2v) is 3.96. The third-order valence-electron chi connectivity index (χ3n) is 2.67. The van der Waals surface area contributed by atoms with E-state index in [0.29, 0.717) is 18.8 Å². The van der Waals surface area contributed by atoms with E-state index in [9.17, 15) is 4.79 Å². The van der Waals surface area contributed by atoms with Crippen molar-refractivity contribution in [2.75, 3.05) is 17.6 Å². The molecule has 2 aromatic rings. The van der Waals surface area contributed by atoms with Crippen LogP contribution in [0.1, 0.15) is 16.2 Å². The Morgan fingerprint density at radius 3 is 3.00 bits per heavy atom. The van der Waals surface area contributed by atoms with Crippen molar-refractivity contribution in [1.82, 2.24) is 19.7 Å². The van der Waals surface area contributed by atoms with Crippen molar-refractivity contribution in [3.63, 3.8) is 0 Å². The predicted molar refractivity (Wildman–Crippen MR) is 68.8 cm³/mol. The standard InChI is InChI=1S/C11H14N6O2/c1-17-6-15-16-8(17)3-5-14-10-9(12)7(11(18)19)2-4-13-10/h2,4,6H,3,5,12H2,1H3,(H,13,14)(H,18,19). The van der Waals surface area contributed by atoms with Crippen LogP contribution < -0.4 is 11.1 Å². The lowest BCUT2D eigenvalue weighted by atomic mass is 10.2. The Morgan fingerprint density at radius 2 is 2.37 bits per heavy atom. The topological polar surface area (TPSA) is 119 Å². The lowest BCUT2D eigenvalue weighted by Crippen LogP contribution is -2.13. The van der Waals surface area contributed by atoms with Crippen molar-refractivity contribution in [3.8, 4) is 0 Å². The number of hydrogen-bond donors (Lipinski definition) is 3. The van der Waals surface area contributed by atoms with Crippen LogP contribution in [0.4, 0.5) is 11.5 Å². The highest BCUT2D eigenvalue weighted by Crippen LogP contribution is 2.19. The van der Waals surface area contributed by atoms with Crippen molar-refractivity contribution in [3.05, 3.63) is 30.0 Å². The number of nitrogens with zero attached hydrogens (tertiary/aromatic N) is 4. The molecule has 0 bridgehead atoms. The van der Waals surface area contributed by atoms with Gasteiger partial charge in [-0.05, 0) is 6.07 Å². The molecule has 8 heteroatoms. The smallest absolute Gasteiger partial charge is 0.337 e. The normalized spacial score (nSPS) is 10.4. The highest BCUT2D eigenvalue weighted by atomic mass is 16.4. The Bertz CT molecular complexity index is 595. The van der Waals surface area contributed by atoms with Crippen LogP contribution in [0.5, 0.6) is 0 Å². The number of pyridine rings is 1. The molecule has 2 aromatic heterocycles. The van der Waals surface area contributed by atoms with Crippen LogP contribution in [0.3, 0.4) is 0 Å². The summed E-state index contributed by atoms with van der Waals surface area (Å²) in [6, 6.07) is 1.37. The molecule has 2 rings (SSSR count). The largest absolute Gasteiger partial charge is 0.478 e. The van der Waals surface area contributed by atoms with Crippen LogP contribution in [0, 0.1) is 0 Å². The fourth-order valence-corrected chi connectivity index (χ4v) is 1.63. The highest BCUT2D eigenvalue weighted by Gasteiger charge is 2.12. The van der Waals surface area contributed by atoms with Gasteiger partial charge in [-0.2, -0.15) is 0 Å². The van der Waals surface area contributed by atoms with Gasteiger partial charge in [-0.3, -0.25) is 0 Å². The molecule has 0 radical (unpaired) electrons. The van der Waals surface area contributed by atoms with Gasteiger partial charge >= 0.3 is 5.97 Å². The summed E-state index contributed by atoms with van der Waals surface area (Å²) in [7, 11) is 1.85. The van der Waals surface area contributed by atoms with Crippen molar-refractivity contribution in [1.29, 1.82) is 0 Å². The molecular formula is C11H14N6O2. The minimum Gasteiger partial charge on any atom is -0.478 e. The van der Waals surface area contributed by atoms with E-state index in [4.69, 9.17) is 10.8 Å². The van der Waals surface area contributed by atoms with Crippen molar-refractivity contribution in [2.24, 2.45) is 7.05 Å². The molecule has 0 saturated carbocycles. The summed E-state index contributed by atoms with van der Waals surface area (Å²) in [6.07, 6.45) is 3.66. The van der Waals surface area contributed by atoms with Crippen LogP contribution in [0.15, 0.2) is 18.6 Å². The number of rotatable bonds is 5. The number of hydrogen-bond acceptors (Lipinski definition) is 6. The maximum atomic E-state index is 10.9. The second-order valence-electron chi connectivity index (χ2n) is 3.96. The number of nitrogens with one attached hydrogen (secondary N) is 1. The van der Waals surface area contributed by atoms with E-state index < -0.39 is 5.97 Å². The first-order chi connectivity index (χ1) is 9.09. The molecule has 0 aliphatic heterocycles. The number of nitrogen functional groups attached to an aromatic ring is 1. The number of carboxylic acid groups (broad SMARTS) is 1. The monoisotopic (exact) mass is 262 g/mol. The molecule has 0 atom stereocenters. The van der Waals surface area contributed by atoms with Gasteiger partial charge in [-0.1, -0.05) is 0 Å². The van der Waals surface area contributed by atoms with Crippen LogP contribution >= 0.6 is 0 Å². The third kappa shape index (κ3) is 2.79. The average Bonchev–Trinajstić information content (AvgIpc) is 2.77. The van der Waals surface area contributed by atoms with E-state index >= 15 is 0 Å². The molecular weight excluding hydrogens is 248 g/mol. The van der Waals surface area contributed by atoms with E-state index in [1.165, 1.54) is 12.3 Å². The number of carboxylic acids is 1. The molecule has 8 nitrogen and oxygen atoms in total. The van der Waals surface area contributed by atoms with Crippen LogP contribution in [-0.4, -0.2) is 37.4 Å². The van der Waals surface area contributed by atoms with Gasteiger partial charge < -0.3 is 20.7 Å². The van der Waals surface area contributed by atoms with E-state index in [2.05, 4.69) is 20.5 Å². The minimum atomic E-state index is -1.07. The molecule has 0 fully saturated rings. The Hall–Kier alpha value is -2.64. The Labute approximate surface area is 109 Å². The molecule has 0 aliphatic rings. The molecule has 0 unspecified atom stereocenters. The summed E-state index contributed by atoms with van der Waals surface area (Å²) in [5.41, 5.74) is 5.91. The van der Waals surface area contributed by atoms with Gasteiger partial charge in [0.1, 0.15) is 18.0 Å². The number of aryl methyl sites for hydroxylation is 1. The molecule has 0 aromatic carbocycles. The van der Waals surface area contributed by atoms with E-state index in [0.717, 1.165) is 5.82 Å². The summed E-state index contributed by atoms with van der Waals surface area (Å²) in [6.45, 7) is 0.535. The summed E-state index contributed by atoms with van der Waals surface area (Å²) in [5.74, 6) is 0.110. The van der Waals surface area contributed by atoms with Gasteiger partial charge in [0.15, 0.2) is 0 Å². The van der Waals surface area contributed by atoms with E-state index in [1.54, 1.807) is 6.33 Å². The molecule has 100 valence electrons. The van der Waals surface area contributed by atoms with E-state index in [1.807, 2.05) is 11.6 Å². The molecule has 0 spiro atoms. The number of carbonyl (C=O) groups is 1. The van der Waals surface area contributed by atoms with Crippen LogP contribution in [0.2, 0.25) is 0 Å². The zero-order valence-electron chi connectivity index (χ0n) is 10.4. The molecule has 4 N–H and O–H groups in total. The van der Waals surface area contributed by atoms with Crippen molar-refractivity contribution < 1.29 is 9.90 Å². The van der Waals surface area contributed by atoms with Gasteiger partial charge in [-0.15, -0.1) is 10.2 Å². The molecule has 0 saturated heterocycles. The molecule has 19 heavy (non-hydrogen) atoms. The van der Waals surface area contributed by atoms with Crippen molar-refractivity contribution >= 4 is 17.5 Å². The number of anilines is 2. The zero-order chi connectivity index (χ0) is 13.8.